The molecule has 20 heavy (non-hydrogen) atoms. The number of amides is 1. The molecule has 0 bridgehead atoms. The second-order valence-corrected chi connectivity index (χ2v) is 4.72. The van der Waals surface area contributed by atoms with Crippen LogP contribution in [0.25, 0.3) is 0 Å². The van der Waals surface area contributed by atoms with E-state index in [0.29, 0.717) is 18.9 Å². The summed E-state index contributed by atoms with van der Waals surface area (Å²) in [6.07, 6.45) is 2.06. The third kappa shape index (κ3) is 4.01. The van der Waals surface area contributed by atoms with Gasteiger partial charge in [-0.3, -0.25) is 15.1 Å². The summed E-state index contributed by atoms with van der Waals surface area (Å²) in [5.74, 6) is 5.20. The molecule has 0 aliphatic carbocycles. The number of nitrogen functional groups attached to an aromatic ring is 1. The molecule has 1 amide bonds. The van der Waals surface area contributed by atoms with Crippen LogP contribution in [0.2, 0.25) is 0 Å². The molecular formula is C12H20N4O4. The maximum atomic E-state index is 11.3. The summed E-state index contributed by atoms with van der Waals surface area (Å²) in [7, 11) is 0. The van der Waals surface area contributed by atoms with E-state index in [1.165, 1.54) is 0 Å². The highest BCUT2D eigenvalue weighted by Crippen LogP contribution is 2.16. The van der Waals surface area contributed by atoms with Gasteiger partial charge in [0.25, 0.3) is 5.91 Å². The number of ether oxygens (including phenoxy) is 1. The van der Waals surface area contributed by atoms with E-state index < -0.39 is 5.91 Å². The first-order valence-corrected chi connectivity index (χ1v) is 6.64. The Balaban J connectivity index is 1.77. The van der Waals surface area contributed by atoms with Gasteiger partial charge in [0.15, 0.2) is 11.5 Å². The number of hydrogen-bond acceptors (Lipinski definition) is 7. The molecule has 1 saturated heterocycles. The van der Waals surface area contributed by atoms with E-state index in [1.807, 2.05) is 5.43 Å². The fraction of sp³-hybridized carbons (Fsp3) is 0.667. The summed E-state index contributed by atoms with van der Waals surface area (Å²) < 4.78 is 10.6. The topological polar surface area (TPSA) is 114 Å². The first-order valence-electron chi connectivity index (χ1n) is 6.64. The SMILES string of the molecule is NNC(=O)c1cc(CN2CCC(OCCO)CC2)on1. The van der Waals surface area contributed by atoms with E-state index in [2.05, 4.69) is 10.1 Å². The number of rotatable bonds is 6. The number of nitrogens with two attached hydrogens (primary N) is 1. The Hall–Kier alpha value is -1.48. The molecule has 0 aromatic carbocycles. The Bertz CT molecular complexity index is 429. The van der Waals surface area contributed by atoms with Gasteiger partial charge in [-0.2, -0.15) is 0 Å². The van der Waals surface area contributed by atoms with Crippen LogP contribution in [0, 0.1) is 0 Å². The van der Waals surface area contributed by atoms with Crippen LogP contribution in [0.3, 0.4) is 0 Å². The number of aliphatic hydroxyl groups is 1. The largest absolute Gasteiger partial charge is 0.394 e. The predicted octanol–water partition coefficient (Wildman–Crippen LogP) is -0.749. The minimum atomic E-state index is -0.462. The zero-order valence-corrected chi connectivity index (χ0v) is 11.2. The average Bonchev–Trinajstić information content (AvgIpc) is 2.94. The van der Waals surface area contributed by atoms with Crippen molar-refractivity contribution in [3.8, 4) is 0 Å². The Morgan fingerprint density at radius 1 is 1.60 bits per heavy atom. The van der Waals surface area contributed by atoms with Crippen molar-refractivity contribution in [3.63, 3.8) is 0 Å². The number of likely N-dealkylation sites (tertiary alicyclic amines) is 1. The van der Waals surface area contributed by atoms with E-state index in [1.54, 1.807) is 6.07 Å². The van der Waals surface area contributed by atoms with E-state index in [4.69, 9.17) is 20.2 Å². The van der Waals surface area contributed by atoms with Crippen molar-refractivity contribution in [2.24, 2.45) is 5.84 Å². The van der Waals surface area contributed by atoms with Crippen LogP contribution in [0.15, 0.2) is 10.6 Å². The quantitative estimate of drug-likeness (QED) is 0.358. The number of carbonyl (C=O) groups is 1. The van der Waals surface area contributed by atoms with Crippen molar-refractivity contribution in [2.45, 2.75) is 25.5 Å². The molecule has 1 aliphatic heterocycles. The van der Waals surface area contributed by atoms with Gasteiger partial charge in [-0.05, 0) is 12.8 Å². The van der Waals surface area contributed by atoms with Crippen molar-refractivity contribution in [3.05, 3.63) is 17.5 Å². The lowest BCUT2D eigenvalue weighted by Gasteiger charge is -2.30. The molecular weight excluding hydrogens is 264 g/mol. The highest BCUT2D eigenvalue weighted by Gasteiger charge is 2.21. The molecule has 0 saturated carbocycles. The van der Waals surface area contributed by atoms with E-state index in [-0.39, 0.29) is 18.4 Å². The van der Waals surface area contributed by atoms with Gasteiger partial charge in [-0.15, -0.1) is 0 Å². The van der Waals surface area contributed by atoms with Gasteiger partial charge < -0.3 is 14.4 Å². The second-order valence-electron chi connectivity index (χ2n) is 4.72. The Morgan fingerprint density at radius 3 is 3.00 bits per heavy atom. The first-order chi connectivity index (χ1) is 9.72. The summed E-state index contributed by atoms with van der Waals surface area (Å²) in [4.78, 5) is 13.5. The molecule has 112 valence electrons. The third-order valence-corrected chi connectivity index (χ3v) is 3.28. The second kappa shape index (κ2) is 7.34. The first kappa shape index (κ1) is 14.9. The lowest BCUT2D eigenvalue weighted by Crippen LogP contribution is -2.36. The number of aliphatic hydroxyl groups excluding tert-OH is 1. The number of nitrogens with zero attached hydrogens (tertiary/aromatic N) is 2. The van der Waals surface area contributed by atoms with Gasteiger partial charge in [0.2, 0.25) is 0 Å². The summed E-state index contributed by atoms with van der Waals surface area (Å²) in [5, 5.41) is 12.4. The lowest BCUT2D eigenvalue weighted by atomic mass is 10.1. The molecule has 0 atom stereocenters. The normalized spacial score (nSPS) is 17.3. The van der Waals surface area contributed by atoms with Gasteiger partial charge in [0.05, 0.1) is 25.9 Å². The molecule has 1 aliphatic rings. The number of nitrogens with one attached hydrogen (secondary N) is 1. The molecule has 1 fully saturated rings. The fourth-order valence-corrected chi connectivity index (χ4v) is 2.24. The number of carbonyl (C=O) groups excluding carboxylic acids is 1. The summed E-state index contributed by atoms with van der Waals surface area (Å²) >= 11 is 0. The van der Waals surface area contributed by atoms with Crippen LogP contribution >= 0.6 is 0 Å². The van der Waals surface area contributed by atoms with Gasteiger partial charge in [-0.1, -0.05) is 5.16 Å². The highest BCUT2D eigenvalue weighted by molar-refractivity contribution is 5.91. The average molecular weight is 284 g/mol. The van der Waals surface area contributed by atoms with Gasteiger partial charge >= 0.3 is 0 Å². The van der Waals surface area contributed by atoms with Crippen LogP contribution < -0.4 is 11.3 Å². The molecule has 0 radical (unpaired) electrons. The maximum absolute atomic E-state index is 11.3. The number of hydrazine groups is 1. The Labute approximate surface area is 116 Å². The van der Waals surface area contributed by atoms with Crippen LogP contribution in [0.5, 0.6) is 0 Å². The summed E-state index contributed by atoms with van der Waals surface area (Å²) in [6, 6.07) is 1.59. The molecule has 0 unspecified atom stereocenters. The maximum Gasteiger partial charge on any atom is 0.287 e. The number of aromatic nitrogens is 1. The van der Waals surface area contributed by atoms with Crippen LogP contribution in [0.4, 0.5) is 0 Å². The zero-order valence-electron chi connectivity index (χ0n) is 11.2. The van der Waals surface area contributed by atoms with Gasteiger partial charge in [-0.25, -0.2) is 5.84 Å². The van der Waals surface area contributed by atoms with Crippen molar-refractivity contribution in [1.29, 1.82) is 0 Å². The Morgan fingerprint density at radius 2 is 2.35 bits per heavy atom. The van der Waals surface area contributed by atoms with Crippen molar-refractivity contribution < 1.29 is 19.2 Å². The van der Waals surface area contributed by atoms with Crippen molar-refractivity contribution in [2.75, 3.05) is 26.3 Å². The molecule has 2 rings (SSSR count). The van der Waals surface area contributed by atoms with Gasteiger partial charge in [0.1, 0.15) is 0 Å². The van der Waals surface area contributed by atoms with Crippen LogP contribution in [-0.4, -0.2) is 53.5 Å². The molecule has 8 heteroatoms. The standard InChI is InChI=1S/C12H20N4O4/c13-14-12(18)11-7-10(20-15-11)8-16-3-1-9(2-4-16)19-6-5-17/h7,9,17H,1-6,8,13H2,(H,14,18). The smallest absolute Gasteiger partial charge is 0.287 e. The molecule has 4 N–H and O–H groups in total. The summed E-state index contributed by atoms with van der Waals surface area (Å²) in [6.45, 7) is 2.83. The fourth-order valence-electron chi connectivity index (χ4n) is 2.24. The summed E-state index contributed by atoms with van der Waals surface area (Å²) in [5.41, 5.74) is 2.20. The molecule has 1 aromatic rings. The van der Waals surface area contributed by atoms with Crippen LogP contribution in [-0.2, 0) is 11.3 Å². The third-order valence-electron chi connectivity index (χ3n) is 3.28. The van der Waals surface area contributed by atoms with E-state index in [9.17, 15) is 4.79 Å². The zero-order chi connectivity index (χ0) is 14.4. The van der Waals surface area contributed by atoms with Gasteiger partial charge in [0, 0.05) is 19.2 Å². The minimum Gasteiger partial charge on any atom is -0.394 e. The highest BCUT2D eigenvalue weighted by atomic mass is 16.5. The number of hydrogen-bond donors (Lipinski definition) is 3. The van der Waals surface area contributed by atoms with Crippen molar-refractivity contribution in [1.82, 2.24) is 15.5 Å². The number of piperidine rings is 1. The lowest BCUT2D eigenvalue weighted by molar-refractivity contribution is -0.0101. The predicted molar refractivity (Wildman–Crippen MR) is 69.5 cm³/mol. The van der Waals surface area contributed by atoms with Crippen LogP contribution in [0.1, 0.15) is 29.1 Å². The molecule has 0 spiro atoms. The monoisotopic (exact) mass is 284 g/mol. The van der Waals surface area contributed by atoms with E-state index >= 15 is 0 Å². The minimum absolute atomic E-state index is 0.0598. The molecule has 1 aromatic heterocycles. The molecule has 8 nitrogen and oxygen atoms in total. The molecule has 2 heterocycles. The Kier molecular flexibility index (Phi) is 5.48. The van der Waals surface area contributed by atoms with E-state index in [0.717, 1.165) is 25.9 Å². The van der Waals surface area contributed by atoms with Crippen molar-refractivity contribution >= 4 is 5.91 Å².